The number of halogens is 2. The van der Waals surface area contributed by atoms with Crippen LogP contribution in [-0.4, -0.2) is 22.8 Å². The van der Waals surface area contributed by atoms with Gasteiger partial charge in [-0.1, -0.05) is 30.3 Å². The van der Waals surface area contributed by atoms with Crippen molar-refractivity contribution in [3.8, 4) is 0 Å². The summed E-state index contributed by atoms with van der Waals surface area (Å²) in [6, 6.07) is 18.7. The molecule has 33 heavy (non-hydrogen) atoms. The third-order valence-corrected chi connectivity index (χ3v) is 5.60. The highest BCUT2D eigenvalue weighted by molar-refractivity contribution is 5.80. The third kappa shape index (κ3) is 7.07. The molecule has 2 aromatic heterocycles. The number of hydrogen-bond acceptors (Lipinski definition) is 2. The van der Waals surface area contributed by atoms with Crippen molar-refractivity contribution in [2.45, 2.75) is 38.8 Å². The lowest BCUT2D eigenvalue weighted by atomic mass is 10.2. The van der Waals surface area contributed by atoms with Gasteiger partial charge >= 0.3 is 5.82 Å². The molecule has 4 rings (SSSR count). The quantitative estimate of drug-likeness (QED) is 0.118. The summed E-state index contributed by atoms with van der Waals surface area (Å²) in [5, 5.41) is 6.57. The molecule has 0 fully saturated rings. The van der Waals surface area contributed by atoms with Crippen molar-refractivity contribution in [1.82, 2.24) is 9.55 Å². The van der Waals surface area contributed by atoms with Gasteiger partial charge in [0.05, 0.1) is 25.8 Å². The predicted molar refractivity (Wildman–Crippen MR) is 125 cm³/mol. The van der Waals surface area contributed by atoms with Crippen LogP contribution in [0.1, 0.15) is 31.5 Å². The topological polar surface area (TPSA) is 44.1 Å². The average molecular weight is 487 g/mol. The third-order valence-electron chi connectivity index (χ3n) is 5.60. The van der Waals surface area contributed by atoms with Crippen molar-refractivity contribution in [1.29, 1.82) is 0 Å². The van der Waals surface area contributed by atoms with E-state index in [0.717, 1.165) is 36.5 Å². The van der Waals surface area contributed by atoms with E-state index in [0.29, 0.717) is 0 Å². The van der Waals surface area contributed by atoms with Crippen LogP contribution >= 0.6 is 0 Å². The molecule has 0 aliphatic rings. The molecule has 0 saturated carbocycles. The van der Waals surface area contributed by atoms with Crippen molar-refractivity contribution in [2.75, 3.05) is 12.1 Å². The Labute approximate surface area is 208 Å². The van der Waals surface area contributed by atoms with E-state index >= 15 is 0 Å². The van der Waals surface area contributed by atoms with Crippen molar-refractivity contribution < 1.29 is 33.9 Å². The number of benzene rings is 2. The number of H-pyrrole nitrogens is 1. The maximum absolute atomic E-state index is 4.67. The van der Waals surface area contributed by atoms with E-state index in [1.54, 1.807) is 0 Å². The Morgan fingerprint density at radius 2 is 1.70 bits per heavy atom. The van der Waals surface area contributed by atoms with Gasteiger partial charge in [0.25, 0.3) is 0 Å². The molecule has 0 spiro atoms. The van der Waals surface area contributed by atoms with Gasteiger partial charge in [0, 0.05) is 7.05 Å². The Kier molecular flexibility index (Phi) is 10.4. The molecule has 0 aliphatic heterocycles. The van der Waals surface area contributed by atoms with Gasteiger partial charge in [0.2, 0.25) is 6.33 Å². The van der Waals surface area contributed by atoms with Crippen LogP contribution < -0.4 is 39.0 Å². The Morgan fingerprint density at radius 3 is 2.45 bits per heavy atom. The molecule has 0 atom stereocenters. The molecule has 8 heteroatoms. The van der Waals surface area contributed by atoms with Crippen LogP contribution in [0.5, 0.6) is 0 Å². The Bertz CT molecular complexity index is 1140. The normalized spacial score (nSPS) is 10.8. The lowest BCUT2D eigenvalue weighted by molar-refractivity contribution is -0.672. The number of hydrazone groups is 1. The van der Waals surface area contributed by atoms with Crippen LogP contribution in [-0.2, 0) is 20.1 Å². The highest BCUT2D eigenvalue weighted by atomic mass is 35.5. The number of para-hydroxylation sites is 3. The maximum atomic E-state index is 4.67. The summed E-state index contributed by atoms with van der Waals surface area (Å²) in [4.78, 5) is 3.53. The second-order valence-electron chi connectivity index (χ2n) is 8.01. The molecule has 4 aromatic rings. The Balaban J connectivity index is 0.00000193. The second kappa shape index (κ2) is 13.0. The van der Waals surface area contributed by atoms with Crippen molar-refractivity contribution in [3.05, 3.63) is 79.1 Å². The molecule has 176 valence electrons. The minimum Gasteiger partial charge on any atom is -1.00 e. The largest absolute Gasteiger partial charge is 1.00 e. The summed E-state index contributed by atoms with van der Waals surface area (Å²) < 4.78 is 6.70. The van der Waals surface area contributed by atoms with Gasteiger partial charge in [-0.15, -0.1) is 0 Å². The first-order valence-electron chi connectivity index (χ1n) is 11.0. The molecule has 6 nitrogen and oxygen atoms in total. The van der Waals surface area contributed by atoms with Gasteiger partial charge in [-0.2, -0.15) is 5.10 Å². The molecule has 0 radical (unpaired) electrons. The summed E-state index contributed by atoms with van der Waals surface area (Å²) in [6.45, 7) is 2.07. The zero-order chi connectivity index (χ0) is 21.5. The molecule has 0 aliphatic carbocycles. The first kappa shape index (κ1) is 26.4. The molecule has 0 unspecified atom stereocenters. The standard InChI is InChI=1S/C25H31N6.2ClH/c1-28-18-19-30(21-28)16-10-3-4-11-17-31-24-15-9-8-14-23(24)27-25(31)20-26-29(2)22-12-6-5-7-13-22;;/h5-9,12-15,18-21H,3-4,10-11,16-17H2,1-2H3;2*1H/q+1;;/p-1/b26-20+;;. The fourth-order valence-electron chi connectivity index (χ4n) is 3.90. The van der Waals surface area contributed by atoms with Crippen LogP contribution in [0.3, 0.4) is 0 Å². The monoisotopic (exact) mass is 486 g/mol. The highest BCUT2D eigenvalue weighted by Gasteiger charge is 2.16. The zero-order valence-corrected chi connectivity index (χ0v) is 20.8. The summed E-state index contributed by atoms with van der Waals surface area (Å²) in [7, 11) is 4.04. The predicted octanol–water partition coefficient (Wildman–Crippen LogP) is -2.18. The minimum atomic E-state index is 0. The van der Waals surface area contributed by atoms with E-state index in [1.807, 2.05) is 36.5 Å². The number of aromatic amines is 1. The SMILES string of the molecule is CN(/N=C/c1[nH]c2ccccc2[n+]1CCCCCCn1cc[n+](C)c1)c1ccccc1.[Cl-].[Cl-]. The van der Waals surface area contributed by atoms with E-state index < -0.39 is 0 Å². The van der Waals surface area contributed by atoms with Gasteiger partial charge in [0.15, 0.2) is 11.0 Å². The number of aryl methyl sites for hydroxylation is 3. The number of anilines is 1. The average Bonchev–Trinajstić information content (AvgIpc) is 3.38. The number of hydrogen-bond donors (Lipinski definition) is 1. The lowest BCUT2D eigenvalue weighted by Gasteiger charge is -2.11. The lowest BCUT2D eigenvalue weighted by Crippen LogP contribution is -3.00. The number of nitrogens with one attached hydrogen (secondary N) is 1. The second-order valence-corrected chi connectivity index (χ2v) is 8.01. The number of rotatable bonds is 10. The highest BCUT2D eigenvalue weighted by Crippen LogP contribution is 2.12. The smallest absolute Gasteiger partial charge is 0.300 e. The van der Waals surface area contributed by atoms with E-state index in [4.69, 9.17) is 0 Å². The number of aromatic nitrogens is 4. The first-order chi connectivity index (χ1) is 15.2. The number of nitrogens with zero attached hydrogens (tertiary/aromatic N) is 5. The minimum absolute atomic E-state index is 0. The summed E-state index contributed by atoms with van der Waals surface area (Å²) in [5.74, 6) is 1.03. The first-order valence-corrected chi connectivity index (χ1v) is 11.0. The molecular weight excluding hydrogens is 455 g/mol. The number of unbranched alkanes of at least 4 members (excludes halogenated alkanes) is 3. The van der Waals surface area contributed by atoms with E-state index in [-0.39, 0.29) is 24.8 Å². The van der Waals surface area contributed by atoms with Crippen molar-refractivity contribution in [3.63, 3.8) is 0 Å². The molecule has 2 heterocycles. The van der Waals surface area contributed by atoms with Gasteiger partial charge in [0.1, 0.15) is 18.6 Å². The molecule has 0 amide bonds. The van der Waals surface area contributed by atoms with Crippen molar-refractivity contribution >= 4 is 22.9 Å². The van der Waals surface area contributed by atoms with Crippen molar-refractivity contribution in [2.24, 2.45) is 12.1 Å². The molecule has 2 aromatic carbocycles. The summed E-state index contributed by atoms with van der Waals surface area (Å²) >= 11 is 0. The van der Waals surface area contributed by atoms with Gasteiger partial charge < -0.3 is 24.8 Å². The van der Waals surface area contributed by atoms with E-state index in [9.17, 15) is 0 Å². The van der Waals surface area contributed by atoms with Gasteiger partial charge in [-0.3, -0.25) is 5.01 Å². The zero-order valence-electron chi connectivity index (χ0n) is 19.2. The van der Waals surface area contributed by atoms with Gasteiger partial charge in [-0.25, -0.2) is 18.7 Å². The molecule has 0 bridgehead atoms. The number of fused-ring (bicyclic) bond motifs is 1. The Morgan fingerprint density at radius 1 is 0.970 bits per heavy atom. The molecular formula is C25H32Cl2N6. The fourth-order valence-corrected chi connectivity index (χ4v) is 3.90. The van der Waals surface area contributed by atoms with Crippen LogP contribution in [0.25, 0.3) is 11.0 Å². The van der Waals surface area contributed by atoms with Crippen LogP contribution in [0, 0.1) is 0 Å². The molecule has 1 N–H and O–H groups in total. The summed E-state index contributed by atoms with van der Waals surface area (Å²) in [5.41, 5.74) is 3.44. The maximum Gasteiger partial charge on any atom is 0.300 e. The fraction of sp³-hybridized carbons (Fsp3) is 0.320. The van der Waals surface area contributed by atoms with Gasteiger partial charge in [-0.05, 0) is 49.9 Å². The number of imidazole rings is 2. The van der Waals surface area contributed by atoms with E-state index in [1.165, 1.54) is 24.8 Å². The Hall–Kier alpha value is -2.83. The van der Waals surface area contributed by atoms with Crippen LogP contribution in [0.4, 0.5) is 5.69 Å². The summed E-state index contributed by atoms with van der Waals surface area (Å²) in [6.07, 6.45) is 13.1. The molecule has 0 saturated heterocycles. The van der Waals surface area contributed by atoms with Crippen LogP contribution in [0.2, 0.25) is 0 Å². The van der Waals surface area contributed by atoms with E-state index in [2.05, 4.69) is 86.0 Å². The van der Waals surface area contributed by atoms with Crippen LogP contribution in [0.15, 0.2) is 78.4 Å².